The fraction of sp³-hybridized carbons (Fsp3) is 0.579. The molecule has 0 saturated heterocycles. The first-order chi connectivity index (χ1) is 11.7. The van der Waals surface area contributed by atoms with E-state index in [-0.39, 0.29) is 42.7 Å². The molecule has 0 radical (unpaired) electrons. The van der Waals surface area contributed by atoms with Gasteiger partial charge in [0.1, 0.15) is 5.82 Å². The van der Waals surface area contributed by atoms with Gasteiger partial charge in [0.2, 0.25) is 5.91 Å². The van der Waals surface area contributed by atoms with Crippen LogP contribution in [0.2, 0.25) is 0 Å². The second kappa shape index (κ2) is 9.07. The Kier molecular flexibility index (Phi) is 7.33. The Morgan fingerprint density at radius 2 is 2.00 bits per heavy atom. The number of carbonyl (C=O) groups excluding carboxylic acids is 1. The van der Waals surface area contributed by atoms with E-state index in [0.717, 1.165) is 49.9 Å². The zero-order valence-corrected chi connectivity index (χ0v) is 16.6. The van der Waals surface area contributed by atoms with Crippen molar-refractivity contribution in [2.75, 3.05) is 5.32 Å². The summed E-state index contributed by atoms with van der Waals surface area (Å²) in [5.41, 5.74) is 9.03. The Hall–Kier alpha value is -1.30. The zero-order valence-electron chi connectivity index (χ0n) is 14.9. The van der Waals surface area contributed by atoms with Crippen LogP contribution < -0.4 is 11.1 Å². The molecule has 0 spiro atoms. The Labute approximate surface area is 166 Å². The molecular weight excluding hydrogens is 371 g/mol. The molecule has 1 aliphatic carbocycles. The number of halogens is 2. The molecule has 2 unspecified atom stereocenters. The number of aryl methyl sites for hydroxylation is 2. The second-order valence-corrected chi connectivity index (χ2v) is 7.31. The topological polar surface area (TPSA) is 72.9 Å². The molecule has 2 atom stereocenters. The van der Waals surface area contributed by atoms with Gasteiger partial charge in [-0.15, -0.1) is 24.8 Å². The van der Waals surface area contributed by atoms with Crippen molar-refractivity contribution in [1.82, 2.24) is 9.55 Å². The molecule has 1 amide bonds. The first-order valence-corrected chi connectivity index (χ1v) is 9.26. The van der Waals surface area contributed by atoms with Gasteiger partial charge in [0.15, 0.2) is 0 Å². The van der Waals surface area contributed by atoms with Crippen LogP contribution in [-0.2, 0) is 17.8 Å². The van der Waals surface area contributed by atoms with Crippen molar-refractivity contribution in [2.24, 2.45) is 11.7 Å². The van der Waals surface area contributed by atoms with E-state index in [1.165, 1.54) is 30.6 Å². The third kappa shape index (κ3) is 4.33. The summed E-state index contributed by atoms with van der Waals surface area (Å²) in [7, 11) is 0. The van der Waals surface area contributed by atoms with E-state index < -0.39 is 0 Å². The maximum atomic E-state index is 12.5. The molecule has 2 heterocycles. The highest BCUT2D eigenvalue weighted by atomic mass is 35.5. The van der Waals surface area contributed by atoms with Crippen molar-refractivity contribution < 1.29 is 4.79 Å². The molecule has 1 aromatic carbocycles. The normalized spacial score (nSPS) is 22.5. The van der Waals surface area contributed by atoms with Crippen LogP contribution in [0.4, 0.5) is 5.69 Å². The number of benzene rings is 1. The maximum Gasteiger partial charge on any atom is 0.227 e. The van der Waals surface area contributed by atoms with E-state index in [1.54, 1.807) is 0 Å². The van der Waals surface area contributed by atoms with E-state index in [2.05, 4.69) is 16.0 Å². The lowest BCUT2D eigenvalue weighted by molar-refractivity contribution is -0.120. The molecule has 3 N–H and O–H groups in total. The van der Waals surface area contributed by atoms with Crippen molar-refractivity contribution in [3.05, 3.63) is 24.0 Å². The van der Waals surface area contributed by atoms with Crippen molar-refractivity contribution in [1.29, 1.82) is 0 Å². The number of anilines is 1. The number of hydrogen-bond acceptors (Lipinski definition) is 3. The summed E-state index contributed by atoms with van der Waals surface area (Å²) in [5.74, 6) is 1.33. The summed E-state index contributed by atoms with van der Waals surface area (Å²) >= 11 is 0. The number of nitrogens with two attached hydrogens (primary N) is 1. The van der Waals surface area contributed by atoms with Gasteiger partial charge in [-0.05, 0) is 50.3 Å². The van der Waals surface area contributed by atoms with Gasteiger partial charge < -0.3 is 15.6 Å². The van der Waals surface area contributed by atoms with Crippen molar-refractivity contribution in [3.63, 3.8) is 0 Å². The molecule has 5 nitrogen and oxygen atoms in total. The lowest BCUT2D eigenvalue weighted by Crippen LogP contribution is -2.34. The number of carbonyl (C=O) groups is 1. The summed E-state index contributed by atoms with van der Waals surface area (Å²) in [5, 5.41) is 3.07. The lowest BCUT2D eigenvalue weighted by atomic mass is 9.85. The SMILES string of the molecule is Cl.Cl.NC1CCCC(C(=O)Nc2ccc3c(c2)nc2n3CCCCC2)C1. The standard InChI is InChI=1S/C19H26N4O.2ClH/c20-14-6-4-5-13(11-14)19(24)21-15-8-9-17-16(12-15)22-18-7-2-1-3-10-23(17)18;;/h8-9,12-14H,1-7,10-11,20H2,(H,21,24);2*1H. The van der Waals surface area contributed by atoms with E-state index in [1.807, 2.05) is 12.1 Å². The van der Waals surface area contributed by atoms with Crippen LogP contribution in [0.15, 0.2) is 18.2 Å². The van der Waals surface area contributed by atoms with E-state index in [4.69, 9.17) is 10.7 Å². The molecular formula is C19H28Cl2N4O. The molecule has 1 saturated carbocycles. The molecule has 4 rings (SSSR count). The van der Waals surface area contributed by atoms with Crippen LogP contribution in [0.5, 0.6) is 0 Å². The van der Waals surface area contributed by atoms with Crippen LogP contribution >= 0.6 is 24.8 Å². The first kappa shape index (κ1) is 21.0. The number of amides is 1. The first-order valence-electron chi connectivity index (χ1n) is 9.26. The van der Waals surface area contributed by atoms with Crippen LogP contribution in [0.25, 0.3) is 11.0 Å². The zero-order chi connectivity index (χ0) is 16.5. The maximum absolute atomic E-state index is 12.5. The summed E-state index contributed by atoms with van der Waals surface area (Å²) < 4.78 is 2.34. The van der Waals surface area contributed by atoms with Gasteiger partial charge in [0.05, 0.1) is 11.0 Å². The molecule has 2 aromatic rings. The van der Waals surface area contributed by atoms with Crippen molar-refractivity contribution >= 4 is 47.4 Å². The van der Waals surface area contributed by atoms with Gasteiger partial charge in [-0.25, -0.2) is 4.98 Å². The summed E-state index contributed by atoms with van der Waals surface area (Å²) in [4.78, 5) is 17.3. The average molecular weight is 399 g/mol. The minimum Gasteiger partial charge on any atom is -0.328 e. The van der Waals surface area contributed by atoms with Gasteiger partial charge >= 0.3 is 0 Å². The Balaban J connectivity index is 0.00000121. The lowest BCUT2D eigenvalue weighted by Gasteiger charge is -2.25. The Morgan fingerprint density at radius 1 is 1.15 bits per heavy atom. The quantitative estimate of drug-likeness (QED) is 0.800. The fourth-order valence-electron chi connectivity index (χ4n) is 4.14. The minimum absolute atomic E-state index is 0. The van der Waals surface area contributed by atoms with Gasteiger partial charge in [-0.1, -0.05) is 12.8 Å². The number of rotatable bonds is 2. The third-order valence-corrected chi connectivity index (χ3v) is 5.46. The Morgan fingerprint density at radius 3 is 2.81 bits per heavy atom. The molecule has 1 fully saturated rings. The van der Waals surface area contributed by atoms with Gasteiger partial charge in [-0.2, -0.15) is 0 Å². The predicted molar refractivity (Wildman–Crippen MR) is 110 cm³/mol. The van der Waals surface area contributed by atoms with E-state index >= 15 is 0 Å². The van der Waals surface area contributed by atoms with Crippen LogP contribution in [0, 0.1) is 5.92 Å². The number of hydrogen-bond donors (Lipinski definition) is 2. The molecule has 1 aromatic heterocycles. The summed E-state index contributed by atoms with van der Waals surface area (Å²) in [6.45, 7) is 1.05. The summed E-state index contributed by atoms with van der Waals surface area (Å²) in [6.07, 6.45) is 8.60. The number of aromatic nitrogens is 2. The van der Waals surface area contributed by atoms with Crippen molar-refractivity contribution in [3.8, 4) is 0 Å². The van der Waals surface area contributed by atoms with E-state index in [0.29, 0.717) is 0 Å². The Bertz CT molecular complexity index is 761. The van der Waals surface area contributed by atoms with E-state index in [9.17, 15) is 4.79 Å². The van der Waals surface area contributed by atoms with Crippen LogP contribution in [0.1, 0.15) is 50.8 Å². The predicted octanol–water partition coefficient (Wildman–Crippen LogP) is 4.06. The minimum atomic E-state index is 0. The monoisotopic (exact) mass is 398 g/mol. The molecule has 0 bridgehead atoms. The smallest absolute Gasteiger partial charge is 0.227 e. The highest BCUT2D eigenvalue weighted by molar-refractivity contribution is 5.94. The number of fused-ring (bicyclic) bond motifs is 3. The molecule has 2 aliphatic rings. The third-order valence-electron chi connectivity index (χ3n) is 5.46. The molecule has 1 aliphatic heterocycles. The second-order valence-electron chi connectivity index (χ2n) is 7.31. The molecule has 26 heavy (non-hydrogen) atoms. The van der Waals surface area contributed by atoms with Gasteiger partial charge in [0.25, 0.3) is 0 Å². The molecule has 7 heteroatoms. The van der Waals surface area contributed by atoms with Crippen LogP contribution in [0.3, 0.4) is 0 Å². The number of nitrogens with one attached hydrogen (secondary N) is 1. The highest BCUT2D eigenvalue weighted by Gasteiger charge is 2.25. The summed E-state index contributed by atoms with van der Waals surface area (Å²) in [6, 6.07) is 6.28. The largest absolute Gasteiger partial charge is 0.328 e. The fourth-order valence-corrected chi connectivity index (χ4v) is 4.14. The van der Waals surface area contributed by atoms with Gasteiger partial charge in [-0.3, -0.25) is 4.79 Å². The average Bonchev–Trinajstić information content (AvgIpc) is 2.75. The molecule has 144 valence electrons. The van der Waals surface area contributed by atoms with Crippen molar-refractivity contribution in [2.45, 2.75) is 64.0 Å². The highest BCUT2D eigenvalue weighted by Crippen LogP contribution is 2.27. The number of nitrogens with zero attached hydrogens (tertiary/aromatic N) is 2. The van der Waals surface area contributed by atoms with Crippen LogP contribution in [-0.4, -0.2) is 21.5 Å². The number of imidazole rings is 1. The van der Waals surface area contributed by atoms with Gasteiger partial charge in [0, 0.05) is 30.6 Å².